The molecule has 6 heteroatoms. The quantitative estimate of drug-likeness (QED) is 0.637. The zero-order chi connectivity index (χ0) is 18.8. The van der Waals surface area contributed by atoms with E-state index in [2.05, 4.69) is 50.1 Å². The van der Waals surface area contributed by atoms with Crippen LogP contribution in [0.25, 0.3) is 11.3 Å². The topological polar surface area (TPSA) is 51.0 Å². The summed E-state index contributed by atoms with van der Waals surface area (Å²) in [6, 6.07) is 13.9. The smallest absolute Gasteiger partial charge is 0.255 e. The minimum atomic E-state index is -0.0439. The standard InChI is InChI=1S/C21H21BrN4O/c1-25-20(27)13-19(16-8-10-23-11-9-16)24-21(25)26-12-2-3-17(14-26)15-4-6-18(22)7-5-15/h4-11,13,17H,2-3,12,14H2,1H3. The first kappa shape index (κ1) is 17.9. The lowest BCUT2D eigenvalue weighted by Crippen LogP contribution is -2.38. The third-order valence-electron chi connectivity index (χ3n) is 5.13. The first-order valence-corrected chi connectivity index (χ1v) is 9.90. The van der Waals surface area contributed by atoms with Crippen molar-refractivity contribution in [2.24, 2.45) is 7.05 Å². The molecule has 1 atom stereocenters. The molecule has 0 bridgehead atoms. The van der Waals surface area contributed by atoms with Gasteiger partial charge < -0.3 is 4.90 Å². The molecular formula is C21H21BrN4O. The molecule has 0 N–H and O–H groups in total. The van der Waals surface area contributed by atoms with E-state index in [1.54, 1.807) is 30.1 Å². The molecule has 0 saturated carbocycles. The fourth-order valence-corrected chi connectivity index (χ4v) is 3.91. The second-order valence-electron chi connectivity index (χ2n) is 6.91. The fraction of sp³-hybridized carbons (Fsp3) is 0.286. The molecule has 5 nitrogen and oxygen atoms in total. The third kappa shape index (κ3) is 3.81. The van der Waals surface area contributed by atoms with E-state index in [1.807, 2.05) is 12.1 Å². The summed E-state index contributed by atoms with van der Waals surface area (Å²) < 4.78 is 2.74. The molecule has 1 unspecified atom stereocenters. The number of rotatable bonds is 3. The van der Waals surface area contributed by atoms with E-state index in [1.165, 1.54) is 5.56 Å². The summed E-state index contributed by atoms with van der Waals surface area (Å²) in [6.07, 6.45) is 5.67. The fourth-order valence-electron chi connectivity index (χ4n) is 3.65. The first-order chi connectivity index (χ1) is 13.1. The average Bonchev–Trinajstić information content (AvgIpc) is 2.71. The van der Waals surface area contributed by atoms with Crippen LogP contribution in [0.1, 0.15) is 24.3 Å². The van der Waals surface area contributed by atoms with Gasteiger partial charge in [0.2, 0.25) is 5.95 Å². The van der Waals surface area contributed by atoms with Crippen molar-refractivity contribution >= 4 is 21.9 Å². The molecule has 4 rings (SSSR count). The molecule has 2 aromatic heterocycles. The van der Waals surface area contributed by atoms with Gasteiger partial charge in [0.05, 0.1) is 5.69 Å². The highest BCUT2D eigenvalue weighted by molar-refractivity contribution is 9.10. The Morgan fingerprint density at radius 2 is 1.85 bits per heavy atom. The van der Waals surface area contributed by atoms with Crippen LogP contribution >= 0.6 is 15.9 Å². The Bertz CT molecular complexity index is 985. The number of benzene rings is 1. The Hall–Kier alpha value is -2.47. The number of piperidine rings is 1. The number of anilines is 1. The van der Waals surface area contributed by atoms with E-state index in [4.69, 9.17) is 4.98 Å². The Morgan fingerprint density at radius 3 is 2.59 bits per heavy atom. The Labute approximate surface area is 166 Å². The maximum absolute atomic E-state index is 12.5. The minimum Gasteiger partial charge on any atom is -0.342 e. The van der Waals surface area contributed by atoms with E-state index in [0.29, 0.717) is 11.6 Å². The maximum atomic E-state index is 12.5. The van der Waals surface area contributed by atoms with Gasteiger partial charge in [0.25, 0.3) is 5.56 Å². The van der Waals surface area contributed by atoms with Crippen molar-refractivity contribution in [3.8, 4) is 11.3 Å². The molecule has 3 aromatic rings. The van der Waals surface area contributed by atoms with E-state index in [0.717, 1.165) is 41.9 Å². The molecule has 1 aliphatic heterocycles. The largest absolute Gasteiger partial charge is 0.342 e. The summed E-state index contributed by atoms with van der Waals surface area (Å²) in [6.45, 7) is 1.77. The first-order valence-electron chi connectivity index (χ1n) is 9.11. The zero-order valence-electron chi connectivity index (χ0n) is 15.2. The lowest BCUT2D eigenvalue weighted by Gasteiger charge is -2.34. The second kappa shape index (κ2) is 7.64. The molecule has 1 aromatic carbocycles. The van der Waals surface area contributed by atoms with Crippen LogP contribution in [0.3, 0.4) is 0 Å². The number of halogens is 1. The van der Waals surface area contributed by atoms with Gasteiger partial charge in [-0.15, -0.1) is 0 Å². The van der Waals surface area contributed by atoms with Crippen LogP contribution in [0.4, 0.5) is 5.95 Å². The van der Waals surface area contributed by atoms with Gasteiger partial charge in [-0.25, -0.2) is 4.98 Å². The molecule has 0 aliphatic carbocycles. The highest BCUT2D eigenvalue weighted by atomic mass is 79.9. The summed E-state index contributed by atoms with van der Waals surface area (Å²) >= 11 is 3.50. The normalized spacial score (nSPS) is 17.1. The van der Waals surface area contributed by atoms with Gasteiger partial charge in [0.1, 0.15) is 0 Å². The summed E-state index contributed by atoms with van der Waals surface area (Å²) in [4.78, 5) is 23.7. The molecule has 1 saturated heterocycles. The van der Waals surface area contributed by atoms with E-state index in [-0.39, 0.29) is 5.56 Å². The predicted octanol–water partition coefficient (Wildman–Crippen LogP) is 3.99. The number of nitrogens with zero attached hydrogens (tertiary/aromatic N) is 4. The van der Waals surface area contributed by atoms with Gasteiger partial charge >= 0.3 is 0 Å². The van der Waals surface area contributed by atoms with Crippen LogP contribution in [0.15, 0.2) is 64.1 Å². The van der Waals surface area contributed by atoms with Crippen molar-refractivity contribution in [2.75, 3.05) is 18.0 Å². The highest BCUT2D eigenvalue weighted by Gasteiger charge is 2.24. The van der Waals surface area contributed by atoms with Crippen molar-refractivity contribution in [3.05, 3.63) is 75.2 Å². The number of pyridine rings is 1. The Balaban J connectivity index is 1.67. The highest BCUT2D eigenvalue weighted by Crippen LogP contribution is 2.30. The van der Waals surface area contributed by atoms with Crippen molar-refractivity contribution in [1.29, 1.82) is 0 Å². The van der Waals surface area contributed by atoms with Gasteiger partial charge in [-0.1, -0.05) is 28.1 Å². The predicted molar refractivity (Wildman–Crippen MR) is 111 cm³/mol. The molecule has 3 heterocycles. The molecule has 0 spiro atoms. The summed E-state index contributed by atoms with van der Waals surface area (Å²) in [5.41, 5.74) is 2.89. The van der Waals surface area contributed by atoms with Crippen molar-refractivity contribution in [3.63, 3.8) is 0 Å². The maximum Gasteiger partial charge on any atom is 0.255 e. The summed E-state index contributed by atoms with van der Waals surface area (Å²) in [5, 5.41) is 0. The van der Waals surface area contributed by atoms with Crippen LogP contribution in [0.5, 0.6) is 0 Å². The van der Waals surface area contributed by atoms with Crippen LogP contribution in [0, 0.1) is 0 Å². The Kier molecular flexibility index (Phi) is 5.07. The van der Waals surface area contributed by atoms with Crippen LogP contribution in [0.2, 0.25) is 0 Å². The lowest BCUT2D eigenvalue weighted by atomic mass is 9.91. The minimum absolute atomic E-state index is 0.0439. The molecular weight excluding hydrogens is 404 g/mol. The summed E-state index contributed by atoms with van der Waals surface area (Å²) in [5.74, 6) is 1.17. The molecule has 1 aliphatic rings. The molecule has 27 heavy (non-hydrogen) atoms. The molecule has 0 radical (unpaired) electrons. The molecule has 1 fully saturated rings. The van der Waals surface area contributed by atoms with Crippen molar-refractivity contribution in [1.82, 2.24) is 14.5 Å². The lowest BCUT2D eigenvalue weighted by molar-refractivity contribution is 0.497. The van der Waals surface area contributed by atoms with Crippen LogP contribution in [-0.2, 0) is 7.05 Å². The SMILES string of the molecule is Cn1c(N2CCCC(c3ccc(Br)cc3)C2)nc(-c2ccncc2)cc1=O. The van der Waals surface area contributed by atoms with Crippen LogP contribution in [-0.4, -0.2) is 27.6 Å². The van der Waals surface area contributed by atoms with Crippen molar-refractivity contribution in [2.45, 2.75) is 18.8 Å². The van der Waals surface area contributed by atoms with Gasteiger partial charge in [0, 0.05) is 54.6 Å². The van der Waals surface area contributed by atoms with E-state index < -0.39 is 0 Å². The van der Waals surface area contributed by atoms with Gasteiger partial charge in [-0.3, -0.25) is 14.3 Å². The monoisotopic (exact) mass is 424 g/mol. The zero-order valence-corrected chi connectivity index (χ0v) is 16.8. The summed E-state index contributed by atoms with van der Waals surface area (Å²) in [7, 11) is 1.80. The third-order valence-corrected chi connectivity index (χ3v) is 5.66. The Morgan fingerprint density at radius 1 is 1.11 bits per heavy atom. The van der Waals surface area contributed by atoms with Crippen LogP contribution < -0.4 is 10.5 Å². The molecule has 0 amide bonds. The average molecular weight is 425 g/mol. The van der Waals surface area contributed by atoms with E-state index >= 15 is 0 Å². The second-order valence-corrected chi connectivity index (χ2v) is 7.83. The van der Waals surface area contributed by atoms with E-state index in [9.17, 15) is 4.79 Å². The molecule has 138 valence electrons. The number of hydrogen-bond acceptors (Lipinski definition) is 4. The van der Waals surface area contributed by atoms with Gasteiger partial charge in [-0.2, -0.15) is 0 Å². The number of hydrogen-bond donors (Lipinski definition) is 0. The van der Waals surface area contributed by atoms with Gasteiger partial charge in [0.15, 0.2) is 0 Å². The van der Waals surface area contributed by atoms with Crippen molar-refractivity contribution < 1.29 is 0 Å². The van der Waals surface area contributed by atoms with Gasteiger partial charge in [-0.05, 0) is 42.7 Å². The number of aromatic nitrogens is 3.